The minimum Gasteiger partial charge on any atom is -0.354 e. The third kappa shape index (κ3) is 10.9. The van der Waals surface area contributed by atoms with E-state index in [0.29, 0.717) is 18.1 Å². The molecule has 0 bridgehead atoms. The molecule has 0 saturated heterocycles. The van der Waals surface area contributed by atoms with E-state index < -0.39 is 15.7 Å². The van der Waals surface area contributed by atoms with Crippen LogP contribution in [0.5, 0.6) is 0 Å². The minimum atomic E-state index is -3.02. The number of nitrogens with zero attached hydrogens (tertiary/aromatic N) is 1. The van der Waals surface area contributed by atoms with Gasteiger partial charge in [-0.2, -0.15) is 0 Å². The van der Waals surface area contributed by atoms with Crippen LogP contribution in [0.15, 0.2) is 29.3 Å². The molecule has 1 unspecified atom stereocenters. The van der Waals surface area contributed by atoms with Crippen LogP contribution in [0.4, 0.5) is 10.1 Å². The maximum Gasteiger partial charge on any atom is 0.243 e. The Morgan fingerprint density at radius 3 is 2.60 bits per heavy atom. The molecule has 1 aromatic carbocycles. The van der Waals surface area contributed by atoms with Crippen LogP contribution in [0.25, 0.3) is 0 Å². The number of carbonyl (C=O) groups is 1. The summed E-state index contributed by atoms with van der Waals surface area (Å²) in [6.45, 7) is 1.76. The second kappa shape index (κ2) is 11.2. The van der Waals surface area contributed by atoms with Crippen molar-refractivity contribution in [1.29, 1.82) is 0 Å². The summed E-state index contributed by atoms with van der Waals surface area (Å²) in [5.41, 5.74) is 0.367. The Kier molecular flexibility index (Phi) is 10.6. The molecule has 0 aliphatic heterocycles. The molecule has 0 heterocycles. The Morgan fingerprint density at radius 1 is 1.36 bits per heavy atom. The molecule has 1 rings (SSSR count). The van der Waals surface area contributed by atoms with Crippen LogP contribution in [0.3, 0.4) is 0 Å². The quantitative estimate of drug-likeness (QED) is 0.307. The van der Waals surface area contributed by atoms with Crippen molar-refractivity contribution in [1.82, 2.24) is 10.6 Å². The molecule has 0 aliphatic carbocycles. The predicted octanol–water partition coefficient (Wildman–Crippen LogP) is 1.37. The van der Waals surface area contributed by atoms with Gasteiger partial charge in [-0.1, -0.05) is 6.07 Å². The summed E-state index contributed by atoms with van der Waals surface area (Å²) in [5.74, 6) is -0.339. The van der Waals surface area contributed by atoms with E-state index in [9.17, 15) is 17.6 Å². The van der Waals surface area contributed by atoms with Crippen LogP contribution in [-0.4, -0.2) is 51.9 Å². The van der Waals surface area contributed by atoms with Crippen molar-refractivity contribution in [3.05, 3.63) is 30.1 Å². The summed E-state index contributed by atoms with van der Waals surface area (Å²) in [4.78, 5) is 15.8. The van der Waals surface area contributed by atoms with Crippen LogP contribution in [-0.2, 0) is 14.6 Å². The predicted molar refractivity (Wildman–Crippen MR) is 109 cm³/mol. The fourth-order valence-electron chi connectivity index (χ4n) is 1.83. The first-order chi connectivity index (χ1) is 11.2. The van der Waals surface area contributed by atoms with Crippen molar-refractivity contribution < 1.29 is 17.6 Å². The first-order valence-corrected chi connectivity index (χ1v) is 9.46. The molecule has 142 valence electrons. The van der Waals surface area contributed by atoms with Gasteiger partial charge in [0.2, 0.25) is 5.91 Å². The number of amides is 1. The lowest BCUT2D eigenvalue weighted by Crippen LogP contribution is -2.45. The van der Waals surface area contributed by atoms with Crippen LogP contribution >= 0.6 is 24.0 Å². The third-order valence-corrected chi connectivity index (χ3v) is 4.03. The Morgan fingerprint density at radius 2 is 2.04 bits per heavy atom. The number of hydrogen-bond acceptors (Lipinski definition) is 4. The number of guanidine groups is 1. The summed E-state index contributed by atoms with van der Waals surface area (Å²) in [7, 11) is -1.48. The summed E-state index contributed by atoms with van der Waals surface area (Å²) < 4.78 is 35.3. The summed E-state index contributed by atoms with van der Waals surface area (Å²) in [6, 6.07) is 5.47. The zero-order valence-electron chi connectivity index (χ0n) is 14.4. The fraction of sp³-hybridized carbons (Fsp3) is 0.467. The van der Waals surface area contributed by atoms with Gasteiger partial charge in [0.05, 0.1) is 12.3 Å². The van der Waals surface area contributed by atoms with Gasteiger partial charge in [0, 0.05) is 25.0 Å². The number of sulfone groups is 1. The maximum absolute atomic E-state index is 13.0. The molecular formula is C15H24FIN4O3S. The first-order valence-electron chi connectivity index (χ1n) is 7.40. The Bertz CT molecular complexity index is 698. The number of anilines is 1. The highest BCUT2D eigenvalue weighted by Gasteiger charge is 2.10. The number of nitrogens with one attached hydrogen (secondary N) is 3. The molecular weight excluding hydrogens is 462 g/mol. The molecule has 1 atom stereocenters. The maximum atomic E-state index is 13.0. The largest absolute Gasteiger partial charge is 0.354 e. The molecule has 25 heavy (non-hydrogen) atoms. The molecule has 0 fully saturated rings. The molecule has 10 heteroatoms. The Labute approximate surface area is 164 Å². The lowest BCUT2D eigenvalue weighted by atomic mass is 10.3. The normalized spacial score (nSPS) is 12.7. The number of carbonyl (C=O) groups excluding carboxylic acids is 1. The van der Waals surface area contributed by atoms with Crippen molar-refractivity contribution in [2.45, 2.75) is 19.4 Å². The van der Waals surface area contributed by atoms with E-state index in [2.05, 4.69) is 20.9 Å². The first kappa shape index (κ1) is 23.6. The van der Waals surface area contributed by atoms with Crippen molar-refractivity contribution in [3.8, 4) is 0 Å². The lowest BCUT2D eigenvalue weighted by Gasteiger charge is -2.17. The van der Waals surface area contributed by atoms with Crippen LogP contribution in [0.2, 0.25) is 0 Å². The standard InChI is InChI=1S/C15H23FN4O3S.HI/c1-11(7-8-24(3,22)23)19-15(17-2)18-10-14(21)20-13-6-4-5-12(16)9-13;/h4-6,9,11H,7-8,10H2,1-3H3,(H,20,21)(H2,17,18,19);1H. The monoisotopic (exact) mass is 486 g/mol. The van der Waals surface area contributed by atoms with E-state index in [0.717, 1.165) is 0 Å². The van der Waals surface area contributed by atoms with Gasteiger partial charge in [0.25, 0.3) is 0 Å². The zero-order valence-corrected chi connectivity index (χ0v) is 17.5. The smallest absolute Gasteiger partial charge is 0.243 e. The molecule has 7 nitrogen and oxygen atoms in total. The van der Waals surface area contributed by atoms with Gasteiger partial charge in [-0.15, -0.1) is 24.0 Å². The number of hydrogen-bond donors (Lipinski definition) is 3. The summed E-state index contributed by atoms with van der Waals surface area (Å²) in [6.07, 6.45) is 1.61. The average molecular weight is 486 g/mol. The molecule has 1 amide bonds. The van der Waals surface area contributed by atoms with Crippen LogP contribution in [0, 0.1) is 5.82 Å². The zero-order chi connectivity index (χ0) is 18.2. The van der Waals surface area contributed by atoms with E-state index in [4.69, 9.17) is 0 Å². The number of halogens is 2. The van der Waals surface area contributed by atoms with Crippen molar-refractivity contribution >= 4 is 51.4 Å². The van der Waals surface area contributed by atoms with Crippen molar-refractivity contribution in [3.63, 3.8) is 0 Å². The van der Waals surface area contributed by atoms with E-state index in [1.165, 1.54) is 24.5 Å². The SMILES string of the molecule is CN=C(NCC(=O)Nc1cccc(F)c1)NC(C)CCS(C)(=O)=O.I. The van der Waals surface area contributed by atoms with Crippen molar-refractivity contribution in [2.75, 3.05) is 30.9 Å². The Hall–Kier alpha value is -1.43. The fourth-order valence-corrected chi connectivity index (χ4v) is 2.61. The number of rotatable bonds is 7. The molecule has 0 radical (unpaired) electrons. The lowest BCUT2D eigenvalue weighted by molar-refractivity contribution is -0.115. The molecule has 0 aromatic heterocycles. The molecule has 3 N–H and O–H groups in total. The topological polar surface area (TPSA) is 99.7 Å². The van der Waals surface area contributed by atoms with E-state index in [-0.39, 0.29) is 48.2 Å². The van der Waals surface area contributed by atoms with Gasteiger partial charge in [0.1, 0.15) is 15.7 Å². The van der Waals surface area contributed by atoms with Crippen LogP contribution in [0.1, 0.15) is 13.3 Å². The highest BCUT2D eigenvalue weighted by molar-refractivity contribution is 14.0. The van der Waals surface area contributed by atoms with Gasteiger partial charge in [-0.25, -0.2) is 12.8 Å². The molecule has 0 spiro atoms. The van der Waals surface area contributed by atoms with E-state index >= 15 is 0 Å². The van der Waals surface area contributed by atoms with Gasteiger partial charge in [-0.3, -0.25) is 9.79 Å². The highest BCUT2D eigenvalue weighted by atomic mass is 127. The Balaban J connectivity index is 0.00000576. The van der Waals surface area contributed by atoms with Gasteiger partial charge in [-0.05, 0) is 31.5 Å². The minimum absolute atomic E-state index is 0. The second-order valence-corrected chi connectivity index (χ2v) is 7.71. The third-order valence-electron chi connectivity index (χ3n) is 3.05. The van der Waals surface area contributed by atoms with Gasteiger partial charge < -0.3 is 16.0 Å². The number of aliphatic imine (C=N–C) groups is 1. The van der Waals surface area contributed by atoms with Gasteiger partial charge in [0.15, 0.2) is 5.96 Å². The highest BCUT2D eigenvalue weighted by Crippen LogP contribution is 2.08. The second-order valence-electron chi connectivity index (χ2n) is 5.45. The van der Waals surface area contributed by atoms with Crippen LogP contribution < -0.4 is 16.0 Å². The summed E-state index contributed by atoms with van der Waals surface area (Å²) in [5, 5.41) is 8.37. The molecule has 0 saturated carbocycles. The molecule has 1 aromatic rings. The van der Waals surface area contributed by atoms with Crippen molar-refractivity contribution in [2.24, 2.45) is 4.99 Å². The number of benzene rings is 1. The summed E-state index contributed by atoms with van der Waals surface area (Å²) >= 11 is 0. The average Bonchev–Trinajstić information content (AvgIpc) is 2.48. The van der Waals surface area contributed by atoms with E-state index in [1.54, 1.807) is 13.1 Å². The van der Waals surface area contributed by atoms with Gasteiger partial charge >= 0.3 is 0 Å². The van der Waals surface area contributed by atoms with E-state index in [1.807, 2.05) is 6.92 Å². The molecule has 0 aliphatic rings.